The van der Waals surface area contributed by atoms with Gasteiger partial charge in [0.05, 0.1) is 17.4 Å². The van der Waals surface area contributed by atoms with Gasteiger partial charge < -0.3 is 10.1 Å². The number of anilines is 1. The molecule has 0 radical (unpaired) electrons. The monoisotopic (exact) mass is 455 g/mol. The largest absolute Gasteiger partial charge is 0.459 e. The predicted octanol–water partition coefficient (Wildman–Crippen LogP) is 5.11. The molecule has 1 unspecified atom stereocenters. The summed E-state index contributed by atoms with van der Waals surface area (Å²) in [5.74, 6) is 0.376. The van der Waals surface area contributed by atoms with Gasteiger partial charge in [-0.25, -0.2) is 14.8 Å². The average Bonchev–Trinajstić information content (AvgIpc) is 3.10. The Labute approximate surface area is 189 Å². The Morgan fingerprint density at radius 2 is 2.16 bits per heavy atom. The number of thiophene rings is 1. The number of amides is 1. The molecule has 8 heteroatoms. The quantitative estimate of drug-likeness (QED) is 0.316. The van der Waals surface area contributed by atoms with Crippen LogP contribution < -0.4 is 5.32 Å². The standard InChI is InChI=1S/C23H25N3O3S2/c1-13(2)29-23(28)15-5-4-6-16(10-15)26-19(27)11-30-21-20-17-8-7-14(3)9-18(17)31-22(20)25-12-24-21/h4-6,10,12-14H,7-9,11H2,1-3H3,(H,26,27). The topological polar surface area (TPSA) is 81.2 Å². The molecule has 0 bridgehead atoms. The molecule has 0 saturated carbocycles. The molecule has 1 aromatic carbocycles. The third-order valence-corrected chi connectivity index (χ3v) is 7.27. The minimum Gasteiger partial charge on any atom is -0.459 e. The Morgan fingerprint density at radius 3 is 2.97 bits per heavy atom. The van der Waals surface area contributed by atoms with E-state index in [0.29, 0.717) is 17.2 Å². The molecule has 6 nitrogen and oxygen atoms in total. The molecule has 4 rings (SSSR count). The van der Waals surface area contributed by atoms with Gasteiger partial charge >= 0.3 is 5.97 Å². The molecule has 3 aromatic rings. The highest BCUT2D eigenvalue weighted by atomic mass is 32.2. The number of ether oxygens (including phenoxy) is 1. The second-order valence-electron chi connectivity index (χ2n) is 8.08. The molecule has 0 saturated heterocycles. The van der Waals surface area contributed by atoms with Crippen LogP contribution in [0.4, 0.5) is 5.69 Å². The number of hydrogen-bond acceptors (Lipinski definition) is 7. The van der Waals surface area contributed by atoms with Gasteiger partial charge in [0, 0.05) is 16.0 Å². The zero-order chi connectivity index (χ0) is 22.0. The van der Waals surface area contributed by atoms with Crippen LogP contribution in [0.3, 0.4) is 0 Å². The van der Waals surface area contributed by atoms with Crippen LogP contribution >= 0.6 is 23.1 Å². The molecule has 1 aliphatic carbocycles. The van der Waals surface area contributed by atoms with Crippen molar-refractivity contribution >= 4 is 50.9 Å². The van der Waals surface area contributed by atoms with Crippen molar-refractivity contribution in [3.05, 3.63) is 46.6 Å². The van der Waals surface area contributed by atoms with Crippen molar-refractivity contribution in [3.63, 3.8) is 0 Å². The lowest BCUT2D eigenvalue weighted by Gasteiger charge is -2.18. The van der Waals surface area contributed by atoms with E-state index in [-0.39, 0.29) is 17.8 Å². The number of carbonyl (C=O) groups excluding carboxylic acids is 2. The lowest BCUT2D eigenvalue weighted by Crippen LogP contribution is -2.15. The van der Waals surface area contributed by atoms with Gasteiger partial charge in [0.25, 0.3) is 0 Å². The first-order valence-corrected chi connectivity index (χ1v) is 12.2. The Hall–Kier alpha value is -2.45. The fourth-order valence-electron chi connectivity index (χ4n) is 3.69. The number of benzene rings is 1. The fourth-order valence-corrected chi connectivity index (χ4v) is 5.93. The summed E-state index contributed by atoms with van der Waals surface area (Å²) in [5.41, 5.74) is 2.34. The highest BCUT2D eigenvalue weighted by Gasteiger charge is 2.23. The van der Waals surface area contributed by atoms with E-state index in [4.69, 9.17) is 4.74 Å². The van der Waals surface area contributed by atoms with Crippen molar-refractivity contribution < 1.29 is 14.3 Å². The second kappa shape index (κ2) is 9.36. The van der Waals surface area contributed by atoms with Crippen molar-refractivity contribution in [2.24, 2.45) is 5.92 Å². The number of rotatable bonds is 6. The smallest absolute Gasteiger partial charge is 0.338 e. The molecule has 2 heterocycles. The van der Waals surface area contributed by atoms with Crippen LogP contribution in [0.15, 0.2) is 35.6 Å². The Morgan fingerprint density at radius 1 is 1.32 bits per heavy atom. The number of nitrogens with one attached hydrogen (secondary N) is 1. The first-order chi connectivity index (χ1) is 14.9. The summed E-state index contributed by atoms with van der Waals surface area (Å²) < 4.78 is 5.22. The van der Waals surface area contributed by atoms with Gasteiger partial charge in [-0.1, -0.05) is 24.8 Å². The first-order valence-electron chi connectivity index (χ1n) is 10.4. The van der Waals surface area contributed by atoms with Crippen LogP contribution in [0.2, 0.25) is 0 Å². The molecule has 31 heavy (non-hydrogen) atoms. The van der Waals surface area contributed by atoms with E-state index < -0.39 is 5.97 Å². The molecule has 162 valence electrons. The van der Waals surface area contributed by atoms with Gasteiger partial charge in [0.15, 0.2) is 0 Å². The molecular weight excluding hydrogens is 430 g/mol. The number of esters is 1. The number of hydrogen-bond donors (Lipinski definition) is 1. The summed E-state index contributed by atoms with van der Waals surface area (Å²) in [6.07, 6.45) is 4.70. The highest BCUT2D eigenvalue weighted by molar-refractivity contribution is 8.00. The van der Waals surface area contributed by atoms with Crippen LogP contribution in [0.25, 0.3) is 10.2 Å². The molecule has 0 aliphatic heterocycles. The minimum atomic E-state index is -0.402. The maximum Gasteiger partial charge on any atom is 0.338 e. The van der Waals surface area contributed by atoms with Crippen molar-refractivity contribution in [3.8, 4) is 0 Å². The van der Waals surface area contributed by atoms with Crippen LogP contribution in [0.1, 0.15) is 48.0 Å². The Kier molecular flexibility index (Phi) is 6.57. The zero-order valence-electron chi connectivity index (χ0n) is 17.8. The summed E-state index contributed by atoms with van der Waals surface area (Å²) in [5, 5.41) is 4.84. The number of aromatic nitrogens is 2. The molecule has 1 amide bonds. The molecular formula is C23H25N3O3S2. The average molecular weight is 456 g/mol. The van der Waals surface area contributed by atoms with Gasteiger partial charge in [0.1, 0.15) is 16.2 Å². The second-order valence-corrected chi connectivity index (χ2v) is 10.1. The van der Waals surface area contributed by atoms with Crippen LogP contribution in [-0.4, -0.2) is 33.7 Å². The molecule has 1 aliphatic rings. The van der Waals surface area contributed by atoms with E-state index in [2.05, 4.69) is 22.2 Å². The van der Waals surface area contributed by atoms with Gasteiger partial charge in [-0.05, 0) is 62.8 Å². The summed E-state index contributed by atoms with van der Waals surface area (Å²) in [6, 6.07) is 6.79. The fraction of sp³-hybridized carbons (Fsp3) is 0.391. The lowest BCUT2D eigenvalue weighted by atomic mass is 9.89. The van der Waals surface area contributed by atoms with E-state index >= 15 is 0 Å². The maximum absolute atomic E-state index is 12.6. The van der Waals surface area contributed by atoms with E-state index in [0.717, 1.165) is 28.1 Å². The summed E-state index contributed by atoms with van der Waals surface area (Å²) in [6.45, 7) is 5.89. The number of aryl methyl sites for hydroxylation is 1. The molecule has 0 fully saturated rings. The molecule has 2 aromatic heterocycles. The van der Waals surface area contributed by atoms with Crippen molar-refractivity contribution in [1.29, 1.82) is 0 Å². The molecule has 1 atom stereocenters. The van der Waals surface area contributed by atoms with Gasteiger partial charge in [-0.2, -0.15) is 0 Å². The Bertz CT molecular complexity index is 1130. The van der Waals surface area contributed by atoms with Crippen molar-refractivity contribution in [2.75, 3.05) is 11.1 Å². The number of nitrogens with zero attached hydrogens (tertiary/aromatic N) is 2. The number of thioether (sulfide) groups is 1. The minimum absolute atomic E-state index is 0.149. The molecule has 1 N–H and O–H groups in total. The SMILES string of the molecule is CC1CCc2c(sc3ncnc(SCC(=O)Nc4cccc(C(=O)OC(C)C)c4)c23)C1. The lowest BCUT2D eigenvalue weighted by molar-refractivity contribution is -0.113. The Balaban J connectivity index is 1.44. The number of carbonyl (C=O) groups is 2. The van der Waals surface area contributed by atoms with Gasteiger partial charge in [0.2, 0.25) is 5.91 Å². The normalized spacial score (nSPS) is 15.7. The van der Waals surface area contributed by atoms with Crippen molar-refractivity contribution in [1.82, 2.24) is 9.97 Å². The van der Waals surface area contributed by atoms with Crippen LogP contribution in [0.5, 0.6) is 0 Å². The number of fused-ring (bicyclic) bond motifs is 3. The van der Waals surface area contributed by atoms with E-state index in [1.807, 2.05) is 0 Å². The van der Waals surface area contributed by atoms with Crippen LogP contribution in [0, 0.1) is 5.92 Å². The molecule has 0 spiro atoms. The zero-order valence-corrected chi connectivity index (χ0v) is 19.4. The highest BCUT2D eigenvalue weighted by Crippen LogP contribution is 2.40. The maximum atomic E-state index is 12.6. The van der Waals surface area contributed by atoms with E-state index in [1.165, 1.54) is 28.6 Å². The van der Waals surface area contributed by atoms with Crippen LogP contribution in [-0.2, 0) is 22.4 Å². The van der Waals surface area contributed by atoms with E-state index in [1.54, 1.807) is 55.8 Å². The third kappa shape index (κ3) is 5.07. The summed E-state index contributed by atoms with van der Waals surface area (Å²) in [7, 11) is 0. The van der Waals surface area contributed by atoms with Gasteiger partial charge in [-0.15, -0.1) is 11.3 Å². The third-order valence-electron chi connectivity index (χ3n) is 5.12. The van der Waals surface area contributed by atoms with Crippen molar-refractivity contribution in [2.45, 2.75) is 51.2 Å². The first kappa shape index (κ1) is 21.8. The van der Waals surface area contributed by atoms with E-state index in [9.17, 15) is 9.59 Å². The summed E-state index contributed by atoms with van der Waals surface area (Å²) in [4.78, 5) is 36.0. The summed E-state index contributed by atoms with van der Waals surface area (Å²) >= 11 is 3.18. The van der Waals surface area contributed by atoms with Gasteiger partial charge in [-0.3, -0.25) is 4.79 Å². The predicted molar refractivity (Wildman–Crippen MR) is 125 cm³/mol.